The lowest BCUT2D eigenvalue weighted by Crippen LogP contribution is -2.20. The molecule has 0 amide bonds. The van der Waals surface area contributed by atoms with Gasteiger partial charge >= 0.3 is 6.18 Å². The summed E-state index contributed by atoms with van der Waals surface area (Å²) in [4.78, 5) is 15.7. The van der Waals surface area contributed by atoms with Crippen LogP contribution in [0, 0.1) is 0 Å². The van der Waals surface area contributed by atoms with Crippen LogP contribution in [0.2, 0.25) is 0 Å². The maximum atomic E-state index is 13.1. The Kier molecular flexibility index (Phi) is 4.15. The summed E-state index contributed by atoms with van der Waals surface area (Å²) >= 11 is 4.57. The Bertz CT molecular complexity index is 942. The molecule has 0 aliphatic heterocycles. The smallest absolute Gasteiger partial charge is 0.267 e. The van der Waals surface area contributed by atoms with E-state index in [-0.39, 0.29) is 5.65 Å². The van der Waals surface area contributed by atoms with Gasteiger partial charge in [0.1, 0.15) is 5.03 Å². The lowest BCUT2D eigenvalue weighted by atomic mass is 10.4. The Balaban J connectivity index is 2.13. The van der Waals surface area contributed by atoms with E-state index in [0.29, 0.717) is 15.6 Å². The van der Waals surface area contributed by atoms with Crippen molar-refractivity contribution in [3.05, 3.63) is 63.0 Å². The maximum Gasteiger partial charge on any atom is 0.433 e. The van der Waals surface area contributed by atoms with E-state index >= 15 is 0 Å². The van der Waals surface area contributed by atoms with Crippen LogP contribution in [0.15, 0.2) is 61.7 Å². The molecule has 0 unspecified atom stereocenters. The Morgan fingerprint density at radius 2 is 1.87 bits per heavy atom. The molecule has 0 N–H and O–H groups in total. The number of halogens is 4. The number of nitrogens with zero attached hydrogens (tertiary/aromatic N) is 3. The highest BCUT2D eigenvalue weighted by Crippen LogP contribution is 2.33. The molecule has 9 heteroatoms. The summed E-state index contributed by atoms with van der Waals surface area (Å²) in [5.74, 6) is 0. The van der Waals surface area contributed by atoms with E-state index < -0.39 is 17.4 Å². The van der Waals surface area contributed by atoms with Gasteiger partial charge in [-0.1, -0.05) is 23.9 Å². The van der Waals surface area contributed by atoms with Crippen LogP contribution in [0.4, 0.5) is 13.2 Å². The fourth-order valence-corrected chi connectivity index (χ4v) is 3.20. The number of aromatic nitrogens is 3. The van der Waals surface area contributed by atoms with Gasteiger partial charge in [0, 0.05) is 15.4 Å². The van der Waals surface area contributed by atoms with E-state index in [1.54, 1.807) is 0 Å². The molecule has 0 aliphatic rings. The molecule has 0 saturated carbocycles. The normalized spacial score (nSPS) is 11.8. The van der Waals surface area contributed by atoms with Gasteiger partial charge in [0.05, 0.1) is 0 Å². The van der Waals surface area contributed by atoms with Crippen molar-refractivity contribution in [2.24, 2.45) is 0 Å². The first-order valence-electron chi connectivity index (χ1n) is 6.25. The standard InChI is InChI=1S/C14H7BrF3N3OS/c15-8-3-1-2-4-9(8)23-13-6-5-11-19-12(22)7-10(14(16,17)18)21(11)20-13/h1-7H. The lowest BCUT2D eigenvalue weighted by molar-refractivity contribution is -0.142. The van der Waals surface area contributed by atoms with E-state index in [4.69, 9.17) is 0 Å². The average molecular weight is 402 g/mol. The summed E-state index contributed by atoms with van der Waals surface area (Å²) < 4.78 is 40.7. The van der Waals surface area contributed by atoms with Gasteiger partial charge in [-0.3, -0.25) is 4.79 Å². The molecule has 0 saturated heterocycles. The van der Waals surface area contributed by atoms with Crippen molar-refractivity contribution in [2.75, 3.05) is 0 Å². The Morgan fingerprint density at radius 3 is 2.57 bits per heavy atom. The first kappa shape index (κ1) is 16.0. The van der Waals surface area contributed by atoms with Gasteiger partial charge in [0.15, 0.2) is 11.3 Å². The summed E-state index contributed by atoms with van der Waals surface area (Å²) in [5.41, 5.74) is -2.26. The molecule has 2 heterocycles. The van der Waals surface area contributed by atoms with Gasteiger partial charge in [-0.2, -0.15) is 23.3 Å². The zero-order valence-corrected chi connectivity index (χ0v) is 13.6. The fraction of sp³-hybridized carbons (Fsp3) is 0.0714. The molecule has 1 aromatic carbocycles. The van der Waals surface area contributed by atoms with Crippen LogP contribution >= 0.6 is 27.7 Å². The minimum absolute atomic E-state index is 0.152. The van der Waals surface area contributed by atoms with Gasteiger partial charge < -0.3 is 0 Å². The van der Waals surface area contributed by atoms with Crippen molar-refractivity contribution in [2.45, 2.75) is 16.1 Å². The molecule has 23 heavy (non-hydrogen) atoms. The van der Waals surface area contributed by atoms with Gasteiger partial charge in [-0.25, -0.2) is 4.52 Å². The number of benzene rings is 1. The SMILES string of the molecule is O=c1cc(C(F)(F)F)n2nc(Sc3ccccc3Br)ccc2n1. The minimum atomic E-state index is -4.70. The predicted octanol–water partition coefficient (Wildman–Crippen LogP) is 4.02. The maximum absolute atomic E-state index is 13.1. The van der Waals surface area contributed by atoms with Crippen molar-refractivity contribution >= 4 is 33.3 Å². The van der Waals surface area contributed by atoms with Crippen LogP contribution in [-0.2, 0) is 6.18 Å². The van der Waals surface area contributed by atoms with Gasteiger partial charge in [-0.15, -0.1) is 0 Å². The highest BCUT2D eigenvalue weighted by atomic mass is 79.9. The van der Waals surface area contributed by atoms with E-state index in [0.717, 1.165) is 9.37 Å². The molecule has 0 aliphatic carbocycles. The summed E-state index contributed by atoms with van der Waals surface area (Å²) in [6, 6.07) is 10.6. The van der Waals surface area contributed by atoms with E-state index in [1.807, 2.05) is 24.3 Å². The van der Waals surface area contributed by atoms with Gasteiger partial charge in [-0.05, 0) is 40.2 Å². The highest BCUT2D eigenvalue weighted by Gasteiger charge is 2.34. The lowest BCUT2D eigenvalue weighted by Gasteiger charge is -2.11. The molecule has 0 radical (unpaired) electrons. The molecular formula is C14H7BrF3N3OS. The van der Waals surface area contributed by atoms with Crippen LogP contribution in [0.25, 0.3) is 5.65 Å². The second-order valence-electron chi connectivity index (χ2n) is 4.45. The average Bonchev–Trinajstić information content (AvgIpc) is 2.48. The molecule has 118 valence electrons. The molecule has 0 atom stereocenters. The van der Waals surface area contributed by atoms with E-state index in [1.165, 1.54) is 23.9 Å². The van der Waals surface area contributed by atoms with E-state index in [2.05, 4.69) is 26.0 Å². The predicted molar refractivity (Wildman–Crippen MR) is 82.5 cm³/mol. The monoisotopic (exact) mass is 401 g/mol. The molecule has 3 rings (SSSR count). The Labute approximate surface area is 140 Å². The number of alkyl halides is 3. The van der Waals surface area contributed by atoms with Crippen LogP contribution in [0.5, 0.6) is 0 Å². The largest absolute Gasteiger partial charge is 0.433 e. The molecule has 4 nitrogen and oxygen atoms in total. The van der Waals surface area contributed by atoms with Crippen LogP contribution in [-0.4, -0.2) is 14.6 Å². The molecule has 0 fully saturated rings. The van der Waals surface area contributed by atoms with Crippen LogP contribution in [0.3, 0.4) is 0 Å². The number of fused-ring (bicyclic) bond motifs is 1. The molecule has 2 aromatic heterocycles. The molecular weight excluding hydrogens is 395 g/mol. The third-order valence-corrected chi connectivity index (χ3v) is 4.80. The van der Waals surface area contributed by atoms with E-state index in [9.17, 15) is 18.0 Å². The zero-order chi connectivity index (χ0) is 16.6. The van der Waals surface area contributed by atoms with Crippen LogP contribution < -0.4 is 5.56 Å². The number of rotatable bonds is 2. The van der Waals surface area contributed by atoms with Gasteiger partial charge in [0.2, 0.25) is 0 Å². The topological polar surface area (TPSA) is 47.3 Å². The Morgan fingerprint density at radius 1 is 1.13 bits per heavy atom. The molecule has 0 spiro atoms. The van der Waals surface area contributed by atoms with Crippen LogP contribution in [0.1, 0.15) is 5.69 Å². The third kappa shape index (κ3) is 3.40. The van der Waals surface area contributed by atoms with Crippen molar-refractivity contribution in [1.29, 1.82) is 0 Å². The second kappa shape index (κ2) is 5.97. The minimum Gasteiger partial charge on any atom is -0.267 e. The zero-order valence-electron chi connectivity index (χ0n) is 11.2. The fourth-order valence-electron chi connectivity index (χ4n) is 1.88. The highest BCUT2D eigenvalue weighted by molar-refractivity contribution is 9.10. The number of hydrogen-bond acceptors (Lipinski definition) is 4. The summed E-state index contributed by atoms with van der Waals surface area (Å²) in [5, 5.41) is 4.30. The summed E-state index contributed by atoms with van der Waals surface area (Å²) in [6.07, 6.45) is -4.70. The first-order chi connectivity index (χ1) is 10.8. The van der Waals surface area contributed by atoms with Crippen molar-refractivity contribution in [3.63, 3.8) is 0 Å². The summed E-state index contributed by atoms with van der Waals surface area (Å²) in [7, 11) is 0. The van der Waals surface area contributed by atoms with Crippen molar-refractivity contribution in [1.82, 2.24) is 14.6 Å². The first-order valence-corrected chi connectivity index (χ1v) is 7.86. The quantitative estimate of drug-likeness (QED) is 0.650. The Hall–Kier alpha value is -1.87. The molecule has 3 aromatic rings. The van der Waals surface area contributed by atoms with Gasteiger partial charge in [0.25, 0.3) is 5.56 Å². The summed E-state index contributed by atoms with van der Waals surface area (Å²) in [6.45, 7) is 0. The second-order valence-corrected chi connectivity index (χ2v) is 6.37. The van der Waals surface area contributed by atoms with Crippen molar-refractivity contribution in [3.8, 4) is 0 Å². The molecule has 0 bridgehead atoms. The number of hydrogen-bond donors (Lipinski definition) is 0. The third-order valence-electron chi connectivity index (χ3n) is 2.85. The van der Waals surface area contributed by atoms with Crippen molar-refractivity contribution < 1.29 is 13.2 Å².